The second kappa shape index (κ2) is 8.09. The molecule has 2 saturated carbocycles. The van der Waals surface area contributed by atoms with Crippen molar-refractivity contribution < 1.29 is 24.2 Å². The molecule has 6 nitrogen and oxygen atoms in total. The molecule has 0 spiro atoms. The van der Waals surface area contributed by atoms with Crippen LogP contribution in [-0.2, 0) is 27.2 Å². The lowest BCUT2D eigenvalue weighted by Gasteiger charge is -2.27. The topological polar surface area (TPSA) is 92.7 Å². The number of esters is 1. The third-order valence-corrected chi connectivity index (χ3v) is 8.34. The predicted molar refractivity (Wildman–Crippen MR) is 110 cm³/mol. The van der Waals surface area contributed by atoms with Gasteiger partial charge < -0.3 is 15.2 Å². The Labute approximate surface area is 175 Å². The highest BCUT2D eigenvalue weighted by molar-refractivity contribution is 7.17. The van der Waals surface area contributed by atoms with Gasteiger partial charge in [0.2, 0.25) is 5.91 Å². The van der Waals surface area contributed by atoms with Gasteiger partial charge in [-0.2, -0.15) is 0 Å². The van der Waals surface area contributed by atoms with E-state index in [0.717, 1.165) is 55.4 Å². The Bertz CT molecular complexity index is 831. The number of thiophene rings is 1. The number of amides is 1. The number of carboxylic acid groups (broad SMARTS) is 1. The number of ether oxygens (including phenoxy) is 1. The molecule has 5 unspecified atom stereocenters. The number of carbonyl (C=O) groups is 3. The van der Waals surface area contributed by atoms with Crippen LogP contribution in [0.2, 0.25) is 0 Å². The van der Waals surface area contributed by atoms with E-state index in [2.05, 4.69) is 12.2 Å². The maximum Gasteiger partial charge on any atom is 0.341 e. The first kappa shape index (κ1) is 20.4. The average Bonchev–Trinajstić information content (AvgIpc) is 3.39. The Balaban J connectivity index is 1.62. The molecule has 2 bridgehead atoms. The van der Waals surface area contributed by atoms with Gasteiger partial charge in [0.25, 0.3) is 0 Å². The first-order chi connectivity index (χ1) is 13.9. The zero-order chi connectivity index (χ0) is 20.7. The molecule has 0 saturated heterocycles. The summed E-state index contributed by atoms with van der Waals surface area (Å²) in [6, 6.07) is 0. The number of aliphatic carboxylic acids is 1. The van der Waals surface area contributed by atoms with Gasteiger partial charge in [-0.05, 0) is 68.8 Å². The fourth-order valence-electron chi connectivity index (χ4n) is 5.73. The summed E-state index contributed by atoms with van der Waals surface area (Å²) in [7, 11) is 0. The van der Waals surface area contributed by atoms with Gasteiger partial charge >= 0.3 is 11.9 Å². The van der Waals surface area contributed by atoms with E-state index in [0.29, 0.717) is 16.5 Å². The van der Waals surface area contributed by atoms with Crippen LogP contribution in [0.1, 0.15) is 66.8 Å². The maximum absolute atomic E-state index is 13.2. The molecule has 1 aromatic heterocycles. The van der Waals surface area contributed by atoms with Crippen molar-refractivity contribution >= 4 is 34.2 Å². The molecule has 29 heavy (non-hydrogen) atoms. The summed E-state index contributed by atoms with van der Waals surface area (Å²) in [5.74, 6) is -1.81. The summed E-state index contributed by atoms with van der Waals surface area (Å²) >= 11 is 1.47. The van der Waals surface area contributed by atoms with Gasteiger partial charge in [-0.25, -0.2) is 4.79 Å². The first-order valence-corrected chi connectivity index (χ1v) is 11.6. The molecule has 2 N–H and O–H groups in total. The van der Waals surface area contributed by atoms with Crippen LogP contribution in [0.3, 0.4) is 0 Å². The number of nitrogens with one attached hydrogen (secondary N) is 1. The van der Waals surface area contributed by atoms with E-state index < -0.39 is 23.8 Å². The van der Waals surface area contributed by atoms with Crippen molar-refractivity contribution in [3.05, 3.63) is 16.0 Å². The van der Waals surface area contributed by atoms with Crippen LogP contribution >= 0.6 is 11.3 Å². The van der Waals surface area contributed by atoms with Crippen molar-refractivity contribution in [1.82, 2.24) is 0 Å². The lowest BCUT2D eigenvalue weighted by molar-refractivity contribution is -0.148. The van der Waals surface area contributed by atoms with Crippen molar-refractivity contribution in [3.8, 4) is 0 Å². The first-order valence-electron chi connectivity index (χ1n) is 10.8. The van der Waals surface area contributed by atoms with Crippen molar-refractivity contribution in [3.63, 3.8) is 0 Å². The fraction of sp³-hybridized carbons (Fsp3) is 0.682. The van der Waals surface area contributed by atoms with E-state index in [1.54, 1.807) is 6.92 Å². The zero-order valence-electron chi connectivity index (χ0n) is 17.0. The number of carbonyl (C=O) groups excluding carboxylic acids is 2. The van der Waals surface area contributed by atoms with Crippen LogP contribution in [0.25, 0.3) is 0 Å². The SMILES string of the molecule is CCOC(=O)c1c(NC(=O)C2C3CCC(C3)C2C(=O)O)sc2c1CCC(CC)C2. The summed E-state index contributed by atoms with van der Waals surface area (Å²) in [6.45, 7) is 4.23. The molecule has 158 valence electrons. The van der Waals surface area contributed by atoms with E-state index in [-0.39, 0.29) is 24.3 Å². The van der Waals surface area contributed by atoms with Gasteiger partial charge in [0.1, 0.15) is 5.00 Å². The van der Waals surface area contributed by atoms with Crippen LogP contribution < -0.4 is 5.32 Å². The van der Waals surface area contributed by atoms with Gasteiger partial charge in [0.15, 0.2) is 0 Å². The van der Waals surface area contributed by atoms with Gasteiger partial charge in [-0.15, -0.1) is 11.3 Å². The minimum atomic E-state index is -0.876. The van der Waals surface area contributed by atoms with Crippen LogP contribution in [0.15, 0.2) is 0 Å². The summed E-state index contributed by atoms with van der Waals surface area (Å²) in [4.78, 5) is 38.8. The summed E-state index contributed by atoms with van der Waals surface area (Å²) in [5.41, 5.74) is 1.50. The van der Waals surface area contributed by atoms with Gasteiger partial charge in [-0.3, -0.25) is 9.59 Å². The molecule has 1 aromatic rings. The second-order valence-corrected chi connectivity index (χ2v) is 9.76. The highest BCUT2D eigenvalue weighted by atomic mass is 32.1. The molecule has 0 aromatic carbocycles. The largest absolute Gasteiger partial charge is 0.481 e. The Morgan fingerprint density at radius 2 is 1.86 bits per heavy atom. The fourth-order valence-corrected chi connectivity index (χ4v) is 7.08. The number of fused-ring (bicyclic) bond motifs is 3. The number of rotatable bonds is 6. The number of hydrogen-bond acceptors (Lipinski definition) is 5. The van der Waals surface area contributed by atoms with Crippen LogP contribution in [-0.4, -0.2) is 29.6 Å². The van der Waals surface area contributed by atoms with Gasteiger partial charge in [0.05, 0.1) is 24.0 Å². The van der Waals surface area contributed by atoms with Crippen LogP contribution in [0, 0.1) is 29.6 Å². The smallest absolute Gasteiger partial charge is 0.341 e. The molecule has 3 aliphatic rings. The van der Waals surface area contributed by atoms with Crippen molar-refractivity contribution in [1.29, 1.82) is 0 Å². The minimum absolute atomic E-state index is 0.0969. The normalized spacial score (nSPS) is 30.1. The number of anilines is 1. The number of hydrogen-bond donors (Lipinski definition) is 2. The maximum atomic E-state index is 13.2. The van der Waals surface area contributed by atoms with Gasteiger partial charge in [0, 0.05) is 4.88 Å². The third kappa shape index (κ3) is 3.58. The standard InChI is InChI=1S/C22H29NO5S/c1-3-11-5-8-14-15(9-11)29-20(18(14)22(27)28-4-2)23-19(24)16-12-6-7-13(10-12)17(16)21(25)26/h11-13,16-17H,3-10H2,1-2H3,(H,23,24)(H,25,26). The lowest BCUT2D eigenvalue weighted by Crippen LogP contribution is -2.38. The molecule has 4 rings (SSSR count). The summed E-state index contributed by atoms with van der Waals surface area (Å²) < 4.78 is 5.28. The van der Waals surface area contributed by atoms with Crippen molar-refractivity contribution in [2.75, 3.05) is 11.9 Å². The molecule has 0 radical (unpaired) electrons. The van der Waals surface area contributed by atoms with E-state index in [1.165, 1.54) is 11.3 Å². The van der Waals surface area contributed by atoms with Crippen molar-refractivity contribution in [2.24, 2.45) is 29.6 Å². The van der Waals surface area contributed by atoms with Gasteiger partial charge in [-0.1, -0.05) is 13.3 Å². The summed E-state index contributed by atoms with van der Waals surface area (Å²) in [6.07, 6.45) is 6.50. The molecule has 7 heteroatoms. The monoisotopic (exact) mass is 419 g/mol. The van der Waals surface area contributed by atoms with E-state index in [9.17, 15) is 19.5 Å². The highest BCUT2D eigenvalue weighted by Crippen LogP contribution is 2.53. The zero-order valence-corrected chi connectivity index (χ0v) is 17.8. The predicted octanol–water partition coefficient (Wildman–Crippen LogP) is 4.13. The third-order valence-electron chi connectivity index (χ3n) is 7.17. The molecule has 5 atom stereocenters. The van der Waals surface area contributed by atoms with E-state index >= 15 is 0 Å². The molecular weight excluding hydrogens is 390 g/mol. The molecular formula is C22H29NO5S. The second-order valence-electron chi connectivity index (χ2n) is 8.66. The quantitative estimate of drug-likeness (QED) is 0.677. The highest BCUT2D eigenvalue weighted by Gasteiger charge is 2.54. The Morgan fingerprint density at radius 3 is 2.52 bits per heavy atom. The molecule has 1 amide bonds. The Morgan fingerprint density at radius 1 is 1.14 bits per heavy atom. The minimum Gasteiger partial charge on any atom is -0.481 e. The Kier molecular flexibility index (Phi) is 5.69. The molecule has 2 fully saturated rings. The number of carboxylic acids is 1. The van der Waals surface area contributed by atoms with Crippen LogP contribution in [0.4, 0.5) is 5.00 Å². The lowest BCUT2D eigenvalue weighted by atomic mass is 9.78. The van der Waals surface area contributed by atoms with E-state index in [4.69, 9.17) is 4.74 Å². The van der Waals surface area contributed by atoms with Crippen molar-refractivity contribution in [2.45, 2.75) is 58.8 Å². The summed E-state index contributed by atoms with van der Waals surface area (Å²) in [5, 5.41) is 13.2. The Hall–Kier alpha value is -1.89. The average molecular weight is 420 g/mol. The molecule has 1 heterocycles. The molecule has 3 aliphatic carbocycles. The van der Waals surface area contributed by atoms with Crippen LogP contribution in [0.5, 0.6) is 0 Å². The molecule has 0 aliphatic heterocycles. The van der Waals surface area contributed by atoms with E-state index in [1.807, 2.05) is 0 Å².